The van der Waals surface area contributed by atoms with Gasteiger partial charge in [0.05, 0.1) is 6.04 Å². The van der Waals surface area contributed by atoms with Crippen molar-refractivity contribution in [1.29, 1.82) is 0 Å². The van der Waals surface area contributed by atoms with Crippen LogP contribution in [0.1, 0.15) is 18.5 Å². The Hall–Kier alpha value is -2.63. The molecule has 102 valence electrons. The third-order valence-corrected chi connectivity index (χ3v) is 3.12. The van der Waals surface area contributed by atoms with Crippen LogP contribution < -0.4 is 10.9 Å². The van der Waals surface area contributed by atoms with Crippen molar-refractivity contribution in [2.75, 3.05) is 5.32 Å². The van der Waals surface area contributed by atoms with Crippen molar-refractivity contribution in [2.24, 2.45) is 0 Å². The molecule has 2 heterocycles. The zero-order chi connectivity index (χ0) is 14.1. The van der Waals surface area contributed by atoms with Gasteiger partial charge in [0.1, 0.15) is 11.3 Å². The summed E-state index contributed by atoms with van der Waals surface area (Å²) in [7, 11) is 0. The predicted octanol–water partition coefficient (Wildman–Crippen LogP) is 2.33. The zero-order valence-electron chi connectivity index (χ0n) is 10.8. The second-order valence-electron chi connectivity index (χ2n) is 4.56. The molecule has 0 aliphatic carbocycles. The molecule has 2 aromatic heterocycles. The molecular formula is C14H13FN4O. The van der Waals surface area contributed by atoms with Crippen molar-refractivity contribution < 1.29 is 4.39 Å². The van der Waals surface area contributed by atoms with Crippen molar-refractivity contribution in [3.8, 4) is 0 Å². The summed E-state index contributed by atoms with van der Waals surface area (Å²) in [6.45, 7) is 1.91. The van der Waals surface area contributed by atoms with E-state index in [2.05, 4.69) is 15.4 Å². The lowest BCUT2D eigenvalue weighted by Crippen LogP contribution is -2.18. The molecule has 0 spiro atoms. The van der Waals surface area contributed by atoms with Gasteiger partial charge in [-0.3, -0.25) is 9.78 Å². The zero-order valence-corrected chi connectivity index (χ0v) is 10.8. The average molecular weight is 272 g/mol. The summed E-state index contributed by atoms with van der Waals surface area (Å²) in [5, 5.41) is 7.35. The van der Waals surface area contributed by atoms with E-state index in [0.29, 0.717) is 11.5 Å². The highest BCUT2D eigenvalue weighted by Gasteiger charge is 2.08. The maximum absolute atomic E-state index is 12.9. The average Bonchev–Trinajstić information content (AvgIpc) is 2.88. The fourth-order valence-corrected chi connectivity index (χ4v) is 2.05. The van der Waals surface area contributed by atoms with E-state index in [1.807, 2.05) is 6.92 Å². The van der Waals surface area contributed by atoms with E-state index in [-0.39, 0.29) is 17.4 Å². The lowest BCUT2D eigenvalue weighted by atomic mass is 10.1. The Balaban J connectivity index is 1.88. The molecule has 0 amide bonds. The molecule has 2 N–H and O–H groups in total. The number of aromatic nitrogens is 3. The summed E-state index contributed by atoms with van der Waals surface area (Å²) < 4.78 is 14.4. The van der Waals surface area contributed by atoms with Crippen molar-refractivity contribution in [2.45, 2.75) is 13.0 Å². The third-order valence-electron chi connectivity index (χ3n) is 3.12. The first-order chi connectivity index (χ1) is 9.63. The minimum atomic E-state index is -0.277. The number of hydrogen-bond acceptors (Lipinski definition) is 3. The topological polar surface area (TPSA) is 62.2 Å². The number of aromatic amines is 1. The van der Waals surface area contributed by atoms with Crippen LogP contribution >= 0.6 is 0 Å². The van der Waals surface area contributed by atoms with Crippen LogP contribution in [0.15, 0.2) is 47.4 Å². The van der Waals surface area contributed by atoms with Crippen molar-refractivity contribution in [1.82, 2.24) is 14.6 Å². The van der Waals surface area contributed by atoms with Crippen LogP contribution in [-0.2, 0) is 0 Å². The second kappa shape index (κ2) is 4.80. The number of hydrogen-bond donors (Lipinski definition) is 2. The molecule has 0 unspecified atom stereocenters. The van der Waals surface area contributed by atoms with Gasteiger partial charge in [-0.25, -0.2) is 8.91 Å². The summed E-state index contributed by atoms with van der Waals surface area (Å²) in [5.74, 6) is 0.0942. The lowest BCUT2D eigenvalue weighted by molar-refractivity contribution is 0.626. The Labute approximate surface area is 114 Å². The fraction of sp³-hybridized carbons (Fsp3) is 0.143. The summed E-state index contributed by atoms with van der Waals surface area (Å²) in [6, 6.07) is 9.53. The van der Waals surface area contributed by atoms with Gasteiger partial charge in [-0.1, -0.05) is 12.1 Å². The highest BCUT2D eigenvalue weighted by Crippen LogP contribution is 2.16. The van der Waals surface area contributed by atoms with Gasteiger partial charge < -0.3 is 5.32 Å². The Morgan fingerprint density at radius 1 is 1.30 bits per heavy atom. The Morgan fingerprint density at radius 2 is 2.05 bits per heavy atom. The molecule has 0 radical (unpaired) electrons. The molecule has 5 nitrogen and oxygen atoms in total. The Morgan fingerprint density at radius 3 is 2.80 bits per heavy atom. The van der Waals surface area contributed by atoms with Gasteiger partial charge in [0, 0.05) is 6.20 Å². The molecule has 0 aliphatic rings. The normalized spacial score (nSPS) is 12.5. The quantitative estimate of drug-likeness (QED) is 0.769. The van der Waals surface area contributed by atoms with Gasteiger partial charge in [-0.05, 0) is 36.8 Å². The Bertz CT molecular complexity index is 791. The predicted molar refractivity (Wildman–Crippen MR) is 74.3 cm³/mol. The van der Waals surface area contributed by atoms with E-state index in [4.69, 9.17) is 0 Å². The maximum Gasteiger partial charge on any atom is 0.276 e. The molecule has 0 bridgehead atoms. The minimum absolute atomic E-state index is 0.105. The number of fused-ring (bicyclic) bond motifs is 1. The molecule has 1 atom stereocenters. The monoisotopic (exact) mass is 272 g/mol. The third kappa shape index (κ3) is 2.27. The fourth-order valence-electron chi connectivity index (χ4n) is 2.05. The molecular weight excluding hydrogens is 259 g/mol. The van der Waals surface area contributed by atoms with E-state index >= 15 is 0 Å². The number of halogens is 1. The number of H-pyrrole nitrogens is 1. The minimum Gasteiger partial charge on any atom is -0.348 e. The highest BCUT2D eigenvalue weighted by atomic mass is 19.1. The summed E-state index contributed by atoms with van der Waals surface area (Å²) in [6.07, 6.45) is 1.71. The molecule has 0 aliphatic heterocycles. The number of nitrogens with zero attached hydrogens (tertiary/aromatic N) is 2. The standard InChI is InChI=1S/C14H13FN4O/c1-9(10-4-6-11(15)7-5-10)16-14-17-13(20)12-3-2-8-19(12)18-14/h2-9H,1H3,(H2,16,17,18,20)/t9-/m0/s1. The largest absolute Gasteiger partial charge is 0.348 e. The molecule has 20 heavy (non-hydrogen) atoms. The molecule has 3 rings (SSSR count). The van der Waals surface area contributed by atoms with Crippen LogP contribution in [0.5, 0.6) is 0 Å². The van der Waals surface area contributed by atoms with Crippen LogP contribution in [0.25, 0.3) is 5.52 Å². The second-order valence-corrected chi connectivity index (χ2v) is 4.56. The van der Waals surface area contributed by atoms with Crippen LogP contribution in [0.4, 0.5) is 10.3 Å². The first-order valence-corrected chi connectivity index (χ1v) is 6.23. The summed E-state index contributed by atoms with van der Waals surface area (Å²) >= 11 is 0. The molecule has 0 saturated heterocycles. The van der Waals surface area contributed by atoms with E-state index < -0.39 is 0 Å². The van der Waals surface area contributed by atoms with Crippen LogP contribution in [0.2, 0.25) is 0 Å². The molecule has 0 saturated carbocycles. The van der Waals surface area contributed by atoms with Crippen LogP contribution in [0.3, 0.4) is 0 Å². The molecule has 3 aromatic rings. The van der Waals surface area contributed by atoms with E-state index in [1.54, 1.807) is 30.5 Å². The van der Waals surface area contributed by atoms with Gasteiger partial charge in [0.2, 0.25) is 5.95 Å². The van der Waals surface area contributed by atoms with E-state index in [9.17, 15) is 9.18 Å². The van der Waals surface area contributed by atoms with Gasteiger partial charge in [0.15, 0.2) is 0 Å². The van der Waals surface area contributed by atoms with Gasteiger partial charge in [0.25, 0.3) is 5.56 Å². The van der Waals surface area contributed by atoms with Gasteiger partial charge in [-0.15, -0.1) is 5.10 Å². The first-order valence-electron chi connectivity index (χ1n) is 6.23. The number of nitrogens with one attached hydrogen (secondary N) is 2. The highest BCUT2D eigenvalue weighted by molar-refractivity contribution is 5.45. The number of anilines is 1. The summed E-state index contributed by atoms with van der Waals surface area (Å²) in [5.41, 5.74) is 1.19. The van der Waals surface area contributed by atoms with Gasteiger partial charge in [-0.2, -0.15) is 0 Å². The molecule has 1 aromatic carbocycles. The molecule has 6 heteroatoms. The number of rotatable bonds is 3. The number of benzene rings is 1. The molecule has 0 fully saturated rings. The SMILES string of the molecule is C[C@H](Nc1nn2cccc2c(=O)[nH]1)c1ccc(F)cc1. The smallest absolute Gasteiger partial charge is 0.276 e. The van der Waals surface area contributed by atoms with Crippen molar-refractivity contribution in [3.05, 3.63) is 64.3 Å². The van der Waals surface area contributed by atoms with Crippen molar-refractivity contribution in [3.63, 3.8) is 0 Å². The van der Waals surface area contributed by atoms with E-state index in [1.165, 1.54) is 16.6 Å². The van der Waals surface area contributed by atoms with Crippen molar-refractivity contribution >= 4 is 11.5 Å². The summed E-state index contributed by atoms with van der Waals surface area (Å²) in [4.78, 5) is 14.5. The first kappa shape index (κ1) is 12.4. The van der Waals surface area contributed by atoms with Crippen LogP contribution in [0, 0.1) is 5.82 Å². The Kier molecular flexibility index (Phi) is 2.98. The van der Waals surface area contributed by atoms with Crippen LogP contribution in [-0.4, -0.2) is 14.6 Å². The van der Waals surface area contributed by atoms with Gasteiger partial charge >= 0.3 is 0 Å². The maximum atomic E-state index is 12.9. The van der Waals surface area contributed by atoms with E-state index in [0.717, 1.165) is 5.56 Å². The lowest BCUT2D eigenvalue weighted by Gasteiger charge is -2.14.